The Morgan fingerprint density at radius 2 is 2.07 bits per heavy atom. The van der Waals surface area contributed by atoms with E-state index in [0.717, 1.165) is 19.5 Å². The van der Waals surface area contributed by atoms with Gasteiger partial charge in [-0.3, -0.25) is 5.41 Å². The fourth-order valence-corrected chi connectivity index (χ4v) is 2.19. The smallest absolute Gasteiger partial charge is 0.188 e. The van der Waals surface area contributed by atoms with Gasteiger partial charge < -0.3 is 10.6 Å². The lowest BCUT2D eigenvalue weighted by Crippen LogP contribution is -2.42. The molecule has 0 aromatic heterocycles. The van der Waals surface area contributed by atoms with E-state index in [1.54, 1.807) is 0 Å². The average Bonchev–Trinajstić information content (AvgIpc) is 2.30. The molecule has 1 aliphatic heterocycles. The van der Waals surface area contributed by atoms with Crippen LogP contribution in [0.1, 0.15) is 24.3 Å². The molecule has 3 N–H and O–H groups in total. The van der Waals surface area contributed by atoms with Crippen molar-refractivity contribution in [3.8, 4) is 0 Å². The summed E-state index contributed by atoms with van der Waals surface area (Å²) in [5, 5.41) is 7.44. The number of nitrogens with zero attached hydrogens (tertiary/aromatic N) is 1. The number of piperidine rings is 1. The Morgan fingerprint density at radius 1 is 1.33 bits per heavy atom. The maximum absolute atomic E-state index is 7.44. The van der Waals surface area contributed by atoms with Gasteiger partial charge in [0.25, 0.3) is 0 Å². The molecular weight excluding hydrogens is 186 g/mol. The van der Waals surface area contributed by atoms with Gasteiger partial charge in [-0.25, -0.2) is 0 Å². The maximum atomic E-state index is 7.44. The van der Waals surface area contributed by atoms with E-state index >= 15 is 0 Å². The van der Waals surface area contributed by atoms with Crippen LogP contribution in [0.5, 0.6) is 0 Å². The van der Waals surface area contributed by atoms with Crippen LogP contribution in [0.15, 0.2) is 30.3 Å². The van der Waals surface area contributed by atoms with E-state index in [9.17, 15) is 0 Å². The molecule has 80 valence electrons. The first-order valence-electron chi connectivity index (χ1n) is 5.41. The molecule has 1 aliphatic rings. The van der Waals surface area contributed by atoms with Gasteiger partial charge in [0.05, 0.1) is 0 Å². The highest BCUT2D eigenvalue weighted by Gasteiger charge is 2.21. The van der Waals surface area contributed by atoms with Gasteiger partial charge in [0.1, 0.15) is 0 Å². The second-order valence-corrected chi connectivity index (χ2v) is 4.08. The topological polar surface area (TPSA) is 53.1 Å². The Labute approximate surface area is 90.4 Å². The minimum absolute atomic E-state index is 0.204. The van der Waals surface area contributed by atoms with Crippen LogP contribution in [0.25, 0.3) is 0 Å². The number of guanidine groups is 1. The summed E-state index contributed by atoms with van der Waals surface area (Å²) in [7, 11) is 0. The van der Waals surface area contributed by atoms with Gasteiger partial charge in [0.2, 0.25) is 0 Å². The first-order chi connectivity index (χ1) is 7.27. The van der Waals surface area contributed by atoms with Crippen molar-refractivity contribution < 1.29 is 0 Å². The van der Waals surface area contributed by atoms with Gasteiger partial charge in [0, 0.05) is 19.0 Å². The molecule has 3 heteroatoms. The molecule has 0 amide bonds. The Hall–Kier alpha value is -1.51. The van der Waals surface area contributed by atoms with Gasteiger partial charge in [0.15, 0.2) is 5.96 Å². The SMILES string of the molecule is N=C(N)N1CCCC(c2ccccc2)C1. The molecule has 1 aromatic rings. The molecule has 3 nitrogen and oxygen atoms in total. The molecule has 1 atom stereocenters. The number of rotatable bonds is 1. The van der Waals surface area contributed by atoms with E-state index in [2.05, 4.69) is 24.3 Å². The molecule has 1 unspecified atom stereocenters. The van der Waals surface area contributed by atoms with Crippen molar-refractivity contribution in [2.75, 3.05) is 13.1 Å². The molecule has 1 fully saturated rings. The van der Waals surface area contributed by atoms with Gasteiger partial charge in [-0.2, -0.15) is 0 Å². The van der Waals surface area contributed by atoms with E-state index in [1.807, 2.05) is 11.0 Å². The predicted octanol–water partition coefficient (Wildman–Crippen LogP) is 1.76. The maximum Gasteiger partial charge on any atom is 0.188 e. The van der Waals surface area contributed by atoms with Crippen molar-refractivity contribution in [3.63, 3.8) is 0 Å². The molecule has 0 saturated carbocycles. The first kappa shape index (κ1) is 10.0. The molecule has 0 bridgehead atoms. The highest BCUT2D eigenvalue weighted by Crippen LogP contribution is 2.26. The zero-order valence-corrected chi connectivity index (χ0v) is 8.82. The summed E-state index contributed by atoms with van der Waals surface area (Å²) in [4.78, 5) is 1.96. The zero-order valence-electron chi connectivity index (χ0n) is 8.82. The lowest BCUT2D eigenvalue weighted by Gasteiger charge is -2.33. The number of nitrogens with two attached hydrogens (primary N) is 1. The van der Waals surface area contributed by atoms with Crippen LogP contribution < -0.4 is 5.73 Å². The molecular formula is C12H17N3. The minimum Gasteiger partial charge on any atom is -0.370 e. The Balaban J connectivity index is 2.08. The largest absolute Gasteiger partial charge is 0.370 e. The third kappa shape index (κ3) is 2.29. The molecule has 2 rings (SSSR count). The van der Waals surface area contributed by atoms with E-state index in [4.69, 9.17) is 11.1 Å². The molecule has 0 radical (unpaired) electrons. The van der Waals surface area contributed by atoms with Gasteiger partial charge >= 0.3 is 0 Å². The fraction of sp³-hybridized carbons (Fsp3) is 0.417. The normalized spacial score (nSPS) is 21.3. The van der Waals surface area contributed by atoms with Crippen molar-refractivity contribution in [2.24, 2.45) is 5.73 Å². The lowest BCUT2D eigenvalue weighted by molar-refractivity contribution is 0.305. The van der Waals surface area contributed by atoms with Crippen molar-refractivity contribution in [2.45, 2.75) is 18.8 Å². The number of hydrogen-bond acceptors (Lipinski definition) is 1. The Kier molecular flexibility index (Phi) is 2.90. The number of benzene rings is 1. The van der Waals surface area contributed by atoms with Crippen LogP contribution in [0.4, 0.5) is 0 Å². The Morgan fingerprint density at radius 3 is 2.73 bits per heavy atom. The summed E-state index contributed by atoms with van der Waals surface area (Å²) in [5.41, 5.74) is 6.88. The summed E-state index contributed by atoms with van der Waals surface area (Å²) < 4.78 is 0. The van der Waals surface area contributed by atoms with E-state index in [0.29, 0.717) is 5.92 Å². The third-order valence-corrected chi connectivity index (χ3v) is 3.03. The van der Waals surface area contributed by atoms with Crippen molar-refractivity contribution >= 4 is 5.96 Å². The van der Waals surface area contributed by atoms with E-state index in [1.165, 1.54) is 12.0 Å². The standard InChI is InChI=1S/C12H17N3/c13-12(14)15-8-4-7-11(9-15)10-5-2-1-3-6-10/h1-3,5-6,11H,4,7-9H2,(H3,13,14). The molecule has 1 heterocycles. The number of nitrogens with one attached hydrogen (secondary N) is 1. The molecule has 0 aliphatic carbocycles. The van der Waals surface area contributed by atoms with Crippen LogP contribution >= 0.6 is 0 Å². The second-order valence-electron chi connectivity index (χ2n) is 4.08. The lowest BCUT2D eigenvalue weighted by atomic mass is 9.91. The second kappa shape index (κ2) is 4.34. The monoisotopic (exact) mass is 203 g/mol. The summed E-state index contributed by atoms with van der Waals surface area (Å²) in [6.45, 7) is 1.82. The zero-order chi connectivity index (χ0) is 10.7. The van der Waals surface area contributed by atoms with Crippen molar-refractivity contribution in [1.82, 2.24) is 4.90 Å². The van der Waals surface area contributed by atoms with Gasteiger partial charge in [-0.15, -0.1) is 0 Å². The Bertz CT molecular complexity index is 334. The number of likely N-dealkylation sites (tertiary alicyclic amines) is 1. The van der Waals surface area contributed by atoms with Crippen LogP contribution in [0, 0.1) is 5.41 Å². The van der Waals surface area contributed by atoms with E-state index < -0.39 is 0 Å². The molecule has 1 saturated heterocycles. The summed E-state index contributed by atoms with van der Waals surface area (Å²) in [6.07, 6.45) is 2.33. The average molecular weight is 203 g/mol. The van der Waals surface area contributed by atoms with Crippen LogP contribution in [-0.4, -0.2) is 23.9 Å². The van der Waals surface area contributed by atoms with Gasteiger partial charge in [-0.05, 0) is 18.4 Å². The number of hydrogen-bond donors (Lipinski definition) is 2. The molecule has 15 heavy (non-hydrogen) atoms. The van der Waals surface area contributed by atoms with Crippen molar-refractivity contribution in [3.05, 3.63) is 35.9 Å². The fourth-order valence-electron chi connectivity index (χ4n) is 2.19. The molecule has 1 aromatic carbocycles. The summed E-state index contributed by atoms with van der Waals surface area (Å²) >= 11 is 0. The third-order valence-electron chi connectivity index (χ3n) is 3.03. The summed E-state index contributed by atoms with van der Waals surface area (Å²) in [5.74, 6) is 0.736. The highest BCUT2D eigenvalue weighted by atomic mass is 15.2. The minimum atomic E-state index is 0.204. The summed E-state index contributed by atoms with van der Waals surface area (Å²) in [6, 6.07) is 10.5. The van der Waals surface area contributed by atoms with Crippen LogP contribution in [0.2, 0.25) is 0 Å². The predicted molar refractivity (Wildman–Crippen MR) is 61.9 cm³/mol. The van der Waals surface area contributed by atoms with Crippen LogP contribution in [0.3, 0.4) is 0 Å². The first-order valence-corrected chi connectivity index (χ1v) is 5.41. The van der Waals surface area contributed by atoms with Crippen LogP contribution in [-0.2, 0) is 0 Å². The quantitative estimate of drug-likeness (QED) is 0.540. The molecule has 0 spiro atoms. The van der Waals surface area contributed by atoms with E-state index in [-0.39, 0.29) is 5.96 Å². The van der Waals surface area contributed by atoms with Gasteiger partial charge in [-0.1, -0.05) is 30.3 Å². The highest BCUT2D eigenvalue weighted by molar-refractivity contribution is 5.74. The van der Waals surface area contributed by atoms with Crippen molar-refractivity contribution in [1.29, 1.82) is 5.41 Å².